The van der Waals surface area contributed by atoms with Crippen LogP contribution in [0.5, 0.6) is 0 Å². The average Bonchev–Trinajstić information content (AvgIpc) is 3.22. The van der Waals surface area contributed by atoms with Crippen molar-refractivity contribution < 1.29 is 17.7 Å². The zero-order valence-corrected chi connectivity index (χ0v) is 17.4. The molecule has 2 aromatic carbocycles. The van der Waals surface area contributed by atoms with E-state index in [-0.39, 0.29) is 24.1 Å². The zero-order chi connectivity index (χ0) is 21.1. The molecule has 1 aliphatic heterocycles. The van der Waals surface area contributed by atoms with E-state index >= 15 is 0 Å². The fourth-order valence-electron chi connectivity index (χ4n) is 3.37. The van der Waals surface area contributed by atoms with Gasteiger partial charge in [0.2, 0.25) is 21.7 Å². The lowest BCUT2D eigenvalue weighted by molar-refractivity contribution is 0.0946. The molecule has 0 unspecified atom stereocenters. The standard InChI is InChI=1S/C21H22N4O4S/c1-15-9-10-17(13-18(15)25-11-5-6-12-30(25,27)28)21(26)22-14-19-23-20(24-29-19)16-7-3-2-4-8-16/h2-4,7-10,13H,5-6,11-12,14H2,1H3,(H,22,26). The van der Waals surface area contributed by atoms with Crippen molar-refractivity contribution in [3.05, 3.63) is 65.5 Å². The molecular formula is C21H22N4O4S. The van der Waals surface area contributed by atoms with Crippen LogP contribution < -0.4 is 9.62 Å². The number of aromatic nitrogens is 2. The minimum Gasteiger partial charge on any atom is -0.343 e. The van der Waals surface area contributed by atoms with E-state index in [1.807, 2.05) is 37.3 Å². The summed E-state index contributed by atoms with van der Waals surface area (Å²) in [5.74, 6) is 0.523. The second-order valence-electron chi connectivity index (χ2n) is 7.16. The van der Waals surface area contributed by atoms with Crippen LogP contribution in [0.15, 0.2) is 53.1 Å². The number of nitrogens with one attached hydrogen (secondary N) is 1. The second kappa shape index (κ2) is 8.27. The van der Waals surface area contributed by atoms with Gasteiger partial charge in [0.25, 0.3) is 5.91 Å². The molecule has 0 radical (unpaired) electrons. The van der Waals surface area contributed by atoms with Crippen LogP contribution in [0.25, 0.3) is 11.4 Å². The zero-order valence-electron chi connectivity index (χ0n) is 16.5. The number of aryl methyl sites for hydroxylation is 1. The summed E-state index contributed by atoms with van der Waals surface area (Å²) in [6, 6.07) is 14.5. The van der Waals surface area contributed by atoms with E-state index < -0.39 is 10.0 Å². The van der Waals surface area contributed by atoms with Crippen LogP contribution in [0.2, 0.25) is 0 Å². The lowest BCUT2D eigenvalue weighted by atomic mass is 10.1. The number of hydrogen-bond donors (Lipinski definition) is 1. The predicted octanol–water partition coefficient (Wildman–Crippen LogP) is 2.91. The predicted molar refractivity (Wildman–Crippen MR) is 112 cm³/mol. The van der Waals surface area contributed by atoms with Gasteiger partial charge in [-0.15, -0.1) is 0 Å². The Balaban J connectivity index is 1.47. The molecule has 3 aromatic rings. The highest BCUT2D eigenvalue weighted by Gasteiger charge is 2.27. The highest BCUT2D eigenvalue weighted by molar-refractivity contribution is 7.92. The highest BCUT2D eigenvalue weighted by Crippen LogP contribution is 2.28. The van der Waals surface area contributed by atoms with E-state index in [9.17, 15) is 13.2 Å². The Labute approximate surface area is 175 Å². The largest absolute Gasteiger partial charge is 0.343 e. The SMILES string of the molecule is Cc1ccc(C(=O)NCc2nc(-c3ccccc3)no2)cc1N1CCCCS1(=O)=O. The summed E-state index contributed by atoms with van der Waals surface area (Å²) in [7, 11) is -3.35. The molecule has 0 atom stereocenters. The molecule has 0 bridgehead atoms. The summed E-state index contributed by atoms with van der Waals surface area (Å²) < 4.78 is 31.5. The molecule has 1 N–H and O–H groups in total. The van der Waals surface area contributed by atoms with Gasteiger partial charge in [0, 0.05) is 17.7 Å². The van der Waals surface area contributed by atoms with Crippen LogP contribution >= 0.6 is 0 Å². The van der Waals surface area contributed by atoms with Crippen LogP contribution in [0, 0.1) is 6.92 Å². The van der Waals surface area contributed by atoms with E-state index in [1.165, 1.54) is 4.31 Å². The van der Waals surface area contributed by atoms with Crippen LogP contribution in [0.1, 0.15) is 34.7 Å². The molecule has 9 heteroatoms. The molecule has 1 aromatic heterocycles. The first-order valence-corrected chi connectivity index (χ1v) is 11.3. The van der Waals surface area contributed by atoms with Gasteiger partial charge in [0.15, 0.2) is 0 Å². The molecule has 2 heterocycles. The fourth-order valence-corrected chi connectivity index (χ4v) is 5.06. The average molecular weight is 426 g/mol. The minimum absolute atomic E-state index is 0.0733. The van der Waals surface area contributed by atoms with Gasteiger partial charge in [0.05, 0.1) is 18.0 Å². The second-order valence-corrected chi connectivity index (χ2v) is 9.17. The van der Waals surface area contributed by atoms with Gasteiger partial charge >= 0.3 is 0 Å². The molecule has 4 rings (SSSR count). The van der Waals surface area contributed by atoms with Crippen molar-refractivity contribution in [1.82, 2.24) is 15.5 Å². The number of carbonyl (C=O) groups is 1. The Hall–Kier alpha value is -3.20. The van der Waals surface area contributed by atoms with Crippen LogP contribution in [0.4, 0.5) is 5.69 Å². The number of amides is 1. The van der Waals surface area contributed by atoms with Gasteiger partial charge in [-0.2, -0.15) is 4.98 Å². The van der Waals surface area contributed by atoms with E-state index in [2.05, 4.69) is 15.5 Å². The Morgan fingerprint density at radius 1 is 1.17 bits per heavy atom. The van der Waals surface area contributed by atoms with Gasteiger partial charge in [-0.3, -0.25) is 9.10 Å². The van der Waals surface area contributed by atoms with Crippen LogP contribution in [0.3, 0.4) is 0 Å². The van der Waals surface area contributed by atoms with Crippen molar-refractivity contribution in [3.63, 3.8) is 0 Å². The first-order valence-electron chi connectivity index (χ1n) is 9.71. The van der Waals surface area contributed by atoms with Gasteiger partial charge in [-0.05, 0) is 37.5 Å². The van der Waals surface area contributed by atoms with Crippen molar-refractivity contribution in [2.45, 2.75) is 26.3 Å². The molecule has 0 saturated carbocycles. The highest BCUT2D eigenvalue weighted by atomic mass is 32.2. The first-order chi connectivity index (χ1) is 14.4. The van der Waals surface area contributed by atoms with Crippen molar-refractivity contribution >= 4 is 21.6 Å². The molecule has 1 saturated heterocycles. The van der Waals surface area contributed by atoms with Gasteiger partial charge in [-0.25, -0.2) is 8.42 Å². The van der Waals surface area contributed by atoms with Crippen molar-refractivity contribution in [3.8, 4) is 11.4 Å². The maximum Gasteiger partial charge on any atom is 0.251 e. The van der Waals surface area contributed by atoms with Crippen LogP contribution in [-0.2, 0) is 16.6 Å². The summed E-state index contributed by atoms with van der Waals surface area (Å²) in [5, 5.41) is 6.68. The molecule has 1 fully saturated rings. The maximum atomic E-state index is 12.6. The van der Waals surface area contributed by atoms with Crippen molar-refractivity contribution in [2.75, 3.05) is 16.6 Å². The number of carbonyl (C=O) groups excluding carboxylic acids is 1. The summed E-state index contributed by atoms with van der Waals surface area (Å²) in [6.45, 7) is 2.34. The third-order valence-corrected chi connectivity index (χ3v) is 6.84. The number of sulfonamides is 1. The number of benzene rings is 2. The van der Waals surface area contributed by atoms with E-state index in [0.717, 1.165) is 17.5 Å². The molecule has 156 valence electrons. The Morgan fingerprint density at radius 2 is 1.97 bits per heavy atom. The Bertz CT molecular complexity index is 1160. The van der Waals surface area contributed by atoms with Crippen LogP contribution in [-0.4, -0.2) is 36.8 Å². The molecule has 0 aliphatic carbocycles. The maximum absolute atomic E-state index is 12.6. The lowest BCUT2D eigenvalue weighted by Gasteiger charge is -2.29. The van der Waals surface area contributed by atoms with E-state index in [4.69, 9.17) is 4.52 Å². The first kappa shape index (κ1) is 20.1. The van der Waals surface area contributed by atoms with E-state index in [1.54, 1.807) is 18.2 Å². The number of nitrogens with zero attached hydrogens (tertiary/aromatic N) is 3. The summed E-state index contributed by atoms with van der Waals surface area (Å²) in [6.07, 6.45) is 1.46. The number of hydrogen-bond acceptors (Lipinski definition) is 6. The van der Waals surface area contributed by atoms with Gasteiger partial charge < -0.3 is 9.84 Å². The molecule has 30 heavy (non-hydrogen) atoms. The number of rotatable bonds is 5. The molecule has 1 aliphatic rings. The molecular weight excluding hydrogens is 404 g/mol. The molecule has 8 nitrogen and oxygen atoms in total. The van der Waals surface area contributed by atoms with E-state index in [0.29, 0.717) is 30.0 Å². The quantitative estimate of drug-likeness (QED) is 0.673. The fraction of sp³-hybridized carbons (Fsp3) is 0.286. The lowest BCUT2D eigenvalue weighted by Crippen LogP contribution is -2.38. The Kier molecular flexibility index (Phi) is 5.54. The smallest absolute Gasteiger partial charge is 0.251 e. The third-order valence-electron chi connectivity index (χ3n) is 4.99. The monoisotopic (exact) mass is 426 g/mol. The topological polar surface area (TPSA) is 105 Å². The normalized spacial score (nSPS) is 15.7. The van der Waals surface area contributed by atoms with Gasteiger partial charge in [-0.1, -0.05) is 41.6 Å². The molecule has 1 amide bonds. The van der Waals surface area contributed by atoms with Crippen molar-refractivity contribution in [2.24, 2.45) is 0 Å². The minimum atomic E-state index is -3.35. The molecule has 0 spiro atoms. The number of anilines is 1. The third kappa shape index (κ3) is 4.20. The summed E-state index contributed by atoms with van der Waals surface area (Å²) >= 11 is 0. The summed E-state index contributed by atoms with van der Waals surface area (Å²) in [4.78, 5) is 16.9. The van der Waals surface area contributed by atoms with Gasteiger partial charge in [0.1, 0.15) is 0 Å². The summed E-state index contributed by atoms with van der Waals surface area (Å²) in [5.41, 5.74) is 2.55. The Morgan fingerprint density at radius 3 is 2.73 bits per heavy atom. The van der Waals surface area contributed by atoms with Crippen molar-refractivity contribution in [1.29, 1.82) is 0 Å².